The van der Waals surface area contributed by atoms with E-state index in [1.165, 1.54) is 44.1 Å². The van der Waals surface area contributed by atoms with E-state index in [0.717, 1.165) is 50.5 Å². The molecule has 5 aliphatic rings. The molecule has 3 fully saturated rings. The number of hydrogen-bond acceptors (Lipinski definition) is 5. The van der Waals surface area contributed by atoms with Crippen molar-refractivity contribution in [3.8, 4) is 11.8 Å². The van der Waals surface area contributed by atoms with E-state index >= 15 is 0 Å². The zero-order valence-corrected chi connectivity index (χ0v) is 29.3. The SMILES string of the molecule is C[C@H](CCCc1ccccc1)CCC[C@]12CCC[C@@](C)(C3CCCC3)C1[C@@H]1C[C@](C)(C#CCCC(=O)O1)[C@]2(O)CCC1=CC(=O)OC1. The van der Waals surface area contributed by atoms with Crippen LogP contribution in [0.15, 0.2) is 42.0 Å². The third-order valence-corrected chi connectivity index (χ3v) is 13.6. The molecule has 0 radical (unpaired) electrons. The first-order valence-corrected chi connectivity index (χ1v) is 18.9. The van der Waals surface area contributed by atoms with E-state index in [2.05, 4.69) is 62.9 Å². The molecule has 1 aromatic rings. The highest BCUT2D eigenvalue weighted by atomic mass is 16.5. The maximum Gasteiger partial charge on any atom is 0.331 e. The molecule has 1 unspecified atom stereocenters. The molecule has 1 N–H and O–H groups in total. The summed E-state index contributed by atoms with van der Waals surface area (Å²) < 4.78 is 11.9. The van der Waals surface area contributed by atoms with Crippen LogP contribution in [0.4, 0.5) is 0 Å². The number of ether oxygens (including phenoxy) is 2. The van der Waals surface area contributed by atoms with Crippen LogP contribution in [0.2, 0.25) is 0 Å². The van der Waals surface area contributed by atoms with E-state index in [1.807, 2.05) is 0 Å². The van der Waals surface area contributed by atoms with E-state index in [9.17, 15) is 14.7 Å². The maximum absolute atomic E-state index is 13.7. The summed E-state index contributed by atoms with van der Waals surface area (Å²) in [5.41, 5.74) is 0.109. The van der Waals surface area contributed by atoms with Crippen molar-refractivity contribution in [3.05, 3.63) is 47.5 Å². The maximum atomic E-state index is 13.7. The molecule has 2 bridgehead atoms. The predicted octanol–water partition coefficient (Wildman–Crippen LogP) is 8.91. The molecule has 5 heteroatoms. The van der Waals surface area contributed by atoms with Gasteiger partial charge in [0.05, 0.1) is 17.4 Å². The topological polar surface area (TPSA) is 72.8 Å². The lowest BCUT2D eigenvalue weighted by Gasteiger charge is -2.69. The Bertz CT molecular complexity index is 1370. The fraction of sp³-hybridized carbons (Fsp3) is 0.714. The summed E-state index contributed by atoms with van der Waals surface area (Å²) >= 11 is 0. The molecule has 47 heavy (non-hydrogen) atoms. The average molecular weight is 643 g/mol. The molecule has 0 spiro atoms. The van der Waals surface area contributed by atoms with Gasteiger partial charge in [0, 0.05) is 30.3 Å². The van der Waals surface area contributed by atoms with Crippen LogP contribution in [0.3, 0.4) is 0 Å². The van der Waals surface area contributed by atoms with Gasteiger partial charge in [-0.1, -0.05) is 88.6 Å². The third-order valence-electron chi connectivity index (χ3n) is 13.6. The number of rotatable bonds is 12. The van der Waals surface area contributed by atoms with Gasteiger partial charge in [-0.15, -0.1) is 5.92 Å². The number of esters is 2. The van der Waals surface area contributed by atoms with Gasteiger partial charge in [-0.2, -0.15) is 0 Å². The monoisotopic (exact) mass is 642 g/mol. The van der Waals surface area contributed by atoms with Gasteiger partial charge in [-0.25, -0.2) is 4.79 Å². The Balaban J connectivity index is 1.34. The van der Waals surface area contributed by atoms with Crippen LogP contribution in [0.5, 0.6) is 0 Å². The van der Waals surface area contributed by atoms with Crippen molar-refractivity contribution in [1.29, 1.82) is 0 Å². The summed E-state index contributed by atoms with van der Waals surface area (Å²) in [6.07, 6.45) is 18.6. The zero-order valence-electron chi connectivity index (χ0n) is 29.3. The van der Waals surface area contributed by atoms with Crippen molar-refractivity contribution in [2.45, 2.75) is 148 Å². The minimum Gasteiger partial charge on any atom is -0.462 e. The number of cyclic esters (lactones) is 1. The lowest BCUT2D eigenvalue weighted by atomic mass is 9.36. The van der Waals surface area contributed by atoms with E-state index in [0.29, 0.717) is 50.5 Å². The fourth-order valence-electron chi connectivity index (χ4n) is 11.3. The molecule has 5 nitrogen and oxygen atoms in total. The van der Waals surface area contributed by atoms with Gasteiger partial charge in [0.1, 0.15) is 12.7 Å². The molecule has 6 rings (SSSR count). The molecule has 3 aliphatic carbocycles. The van der Waals surface area contributed by atoms with E-state index in [4.69, 9.17) is 9.47 Å². The van der Waals surface area contributed by atoms with Crippen molar-refractivity contribution < 1.29 is 24.2 Å². The van der Waals surface area contributed by atoms with E-state index < -0.39 is 16.4 Å². The summed E-state index contributed by atoms with van der Waals surface area (Å²) in [5.74, 6) is 7.80. The average Bonchev–Trinajstić information content (AvgIpc) is 3.75. The summed E-state index contributed by atoms with van der Waals surface area (Å²) in [7, 11) is 0. The van der Waals surface area contributed by atoms with Gasteiger partial charge in [0.2, 0.25) is 0 Å². The van der Waals surface area contributed by atoms with Gasteiger partial charge in [0.25, 0.3) is 0 Å². The fourth-order valence-corrected chi connectivity index (χ4v) is 11.3. The van der Waals surface area contributed by atoms with Crippen LogP contribution in [-0.2, 0) is 25.5 Å². The standard InChI is InChI=1S/C42H58O5/c1-31(14-11-18-32-16-5-4-6-17-32)15-12-25-41-26-13-24-40(3,34-19-7-8-20-34)38(41)35-29-39(2,23-10-9-21-36(43)47-35)42(41,45)27-22-33-28-37(44)46-30-33/h4-6,16-17,28,31,34-35,38,45H,7-9,11-15,18-22,24-27,29-30H2,1-3H3/t31-,35+,38?,39+,40+,41+,42-/m1/s1. The summed E-state index contributed by atoms with van der Waals surface area (Å²) in [4.78, 5) is 25.3. The van der Waals surface area contributed by atoms with E-state index in [1.54, 1.807) is 6.08 Å². The first-order valence-electron chi connectivity index (χ1n) is 18.9. The van der Waals surface area contributed by atoms with Crippen molar-refractivity contribution >= 4 is 11.9 Å². The van der Waals surface area contributed by atoms with Gasteiger partial charge in [-0.3, -0.25) is 4.79 Å². The minimum absolute atomic E-state index is 0.0104. The van der Waals surface area contributed by atoms with Gasteiger partial charge >= 0.3 is 11.9 Å². The molecular formula is C42H58O5. The van der Waals surface area contributed by atoms with Gasteiger partial charge in [0.15, 0.2) is 0 Å². The molecular weight excluding hydrogens is 584 g/mol. The lowest BCUT2D eigenvalue weighted by molar-refractivity contribution is -0.284. The quantitative estimate of drug-likeness (QED) is 0.182. The van der Waals surface area contributed by atoms with Gasteiger partial charge in [-0.05, 0) is 93.1 Å². The second-order valence-electron chi connectivity index (χ2n) is 16.5. The molecule has 2 heterocycles. The van der Waals surface area contributed by atoms with Crippen LogP contribution >= 0.6 is 0 Å². The van der Waals surface area contributed by atoms with Crippen LogP contribution in [-0.4, -0.2) is 35.4 Å². The number of aliphatic hydroxyl groups is 1. The summed E-state index contributed by atoms with van der Waals surface area (Å²) in [5, 5.41) is 13.7. The predicted molar refractivity (Wildman–Crippen MR) is 185 cm³/mol. The zero-order chi connectivity index (χ0) is 33.1. The number of carbonyl (C=O) groups is 2. The second-order valence-corrected chi connectivity index (χ2v) is 16.5. The number of aryl methyl sites for hydroxylation is 1. The lowest BCUT2D eigenvalue weighted by Crippen LogP contribution is -2.72. The first-order chi connectivity index (χ1) is 22.6. The molecule has 256 valence electrons. The van der Waals surface area contributed by atoms with Gasteiger partial charge < -0.3 is 14.6 Å². The van der Waals surface area contributed by atoms with Crippen molar-refractivity contribution in [3.63, 3.8) is 0 Å². The van der Waals surface area contributed by atoms with E-state index in [-0.39, 0.29) is 29.4 Å². The normalized spacial score (nSPS) is 36.1. The molecule has 2 aliphatic heterocycles. The number of benzene rings is 1. The molecule has 0 aromatic heterocycles. The Morgan fingerprint density at radius 3 is 2.49 bits per heavy atom. The Kier molecular flexibility index (Phi) is 10.3. The Labute approximate surface area is 283 Å². The second kappa shape index (κ2) is 14.1. The van der Waals surface area contributed by atoms with Crippen LogP contribution in [0.1, 0.15) is 135 Å². The Morgan fingerprint density at radius 2 is 1.74 bits per heavy atom. The summed E-state index contributed by atoms with van der Waals surface area (Å²) in [6.45, 7) is 7.36. The molecule has 0 amide bonds. The highest BCUT2D eigenvalue weighted by molar-refractivity contribution is 5.85. The third kappa shape index (κ3) is 6.70. The molecule has 7 atom stereocenters. The highest BCUT2D eigenvalue weighted by Crippen LogP contribution is 2.71. The Morgan fingerprint density at radius 1 is 0.979 bits per heavy atom. The number of carbonyl (C=O) groups excluding carboxylic acids is 2. The summed E-state index contributed by atoms with van der Waals surface area (Å²) in [6, 6.07) is 10.8. The molecule has 1 aromatic carbocycles. The highest BCUT2D eigenvalue weighted by Gasteiger charge is 2.72. The number of hydrogen-bond donors (Lipinski definition) is 1. The largest absolute Gasteiger partial charge is 0.462 e. The van der Waals surface area contributed by atoms with Crippen molar-refractivity contribution in [2.24, 2.45) is 34.0 Å². The minimum atomic E-state index is -1.09. The van der Waals surface area contributed by atoms with Crippen molar-refractivity contribution in [2.75, 3.05) is 6.61 Å². The Hall–Kier alpha value is -2.58. The first kappa shape index (κ1) is 34.3. The molecule has 0 saturated heterocycles. The van der Waals surface area contributed by atoms with Crippen LogP contribution in [0.25, 0.3) is 0 Å². The van der Waals surface area contributed by atoms with Crippen LogP contribution in [0, 0.1) is 45.8 Å². The smallest absolute Gasteiger partial charge is 0.331 e. The number of fused-ring (bicyclic) bond motifs is 4. The van der Waals surface area contributed by atoms with Crippen molar-refractivity contribution in [1.82, 2.24) is 0 Å². The van der Waals surface area contributed by atoms with Crippen LogP contribution < -0.4 is 0 Å². The molecule has 3 saturated carbocycles.